The molecule has 1 aliphatic rings. The number of amides is 1. The van der Waals surface area contributed by atoms with Gasteiger partial charge in [-0.3, -0.25) is 4.79 Å². The molecule has 104 valence electrons. The smallest absolute Gasteiger partial charge is 0.231 e. The van der Waals surface area contributed by atoms with E-state index in [-0.39, 0.29) is 17.9 Å². The number of nitrogens with two attached hydrogens (primary N) is 1. The number of benzene rings is 1. The fourth-order valence-corrected chi connectivity index (χ4v) is 2.38. The molecule has 0 bridgehead atoms. The standard InChI is InChI=1S/C15H22N2O2/c1-15(2,10-17-9-14(16)18)12-5-6-13-11(8-12)4-3-7-19-13/h5-6,8,17H,3-4,7,9-10H2,1-2H3,(H2,16,18). The van der Waals surface area contributed by atoms with Crippen LogP contribution in [0.5, 0.6) is 5.75 Å². The maximum absolute atomic E-state index is 10.8. The highest BCUT2D eigenvalue weighted by Gasteiger charge is 2.22. The second-order valence-corrected chi connectivity index (χ2v) is 5.73. The van der Waals surface area contributed by atoms with E-state index in [2.05, 4.69) is 37.4 Å². The molecule has 19 heavy (non-hydrogen) atoms. The first-order valence-corrected chi connectivity index (χ1v) is 6.74. The molecule has 0 saturated heterocycles. The SMILES string of the molecule is CC(C)(CNCC(N)=O)c1ccc2c(c1)CCCO2. The van der Waals surface area contributed by atoms with E-state index >= 15 is 0 Å². The average molecular weight is 262 g/mol. The average Bonchev–Trinajstić information content (AvgIpc) is 2.37. The Hall–Kier alpha value is -1.55. The summed E-state index contributed by atoms with van der Waals surface area (Å²) >= 11 is 0. The summed E-state index contributed by atoms with van der Waals surface area (Å²) in [6.07, 6.45) is 2.16. The molecule has 0 aromatic heterocycles. The molecule has 1 aromatic carbocycles. The summed E-state index contributed by atoms with van der Waals surface area (Å²) in [6, 6.07) is 6.39. The van der Waals surface area contributed by atoms with E-state index in [0.29, 0.717) is 0 Å². The van der Waals surface area contributed by atoms with Gasteiger partial charge < -0.3 is 15.8 Å². The van der Waals surface area contributed by atoms with Crippen LogP contribution in [0, 0.1) is 0 Å². The first-order chi connectivity index (χ1) is 8.99. The molecule has 1 aromatic rings. The van der Waals surface area contributed by atoms with Gasteiger partial charge in [0.05, 0.1) is 13.2 Å². The van der Waals surface area contributed by atoms with Crippen molar-refractivity contribution in [3.63, 3.8) is 0 Å². The Morgan fingerprint density at radius 2 is 2.26 bits per heavy atom. The molecule has 2 rings (SSSR count). The molecule has 1 aliphatic heterocycles. The van der Waals surface area contributed by atoms with E-state index in [4.69, 9.17) is 10.5 Å². The normalized spacial score (nSPS) is 14.6. The molecule has 0 aliphatic carbocycles. The Morgan fingerprint density at radius 1 is 1.47 bits per heavy atom. The fraction of sp³-hybridized carbons (Fsp3) is 0.533. The molecule has 0 atom stereocenters. The van der Waals surface area contributed by atoms with Gasteiger partial charge in [-0.2, -0.15) is 0 Å². The summed E-state index contributed by atoms with van der Waals surface area (Å²) in [5.74, 6) is 0.686. The molecule has 4 heteroatoms. The van der Waals surface area contributed by atoms with Crippen molar-refractivity contribution < 1.29 is 9.53 Å². The fourth-order valence-electron chi connectivity index (χ4n) is 2.38. The van der Waals surface area contributed by atoms with Gasteiger partial charge >= 0.3 is 0 Å². The number of rotatable bonds is 5. The van der Waals surface area contributed by atoms with Crippen molar-refractivity contribution in [2.45, 2.75) is 32.1 Å². The van der Waals surface area contributed by atoms with Gasteiger partial charge in [-0.1, -0.05) is 26.0 Å². The highest BCUT2D eigenvalue weighted by atomic mass is 16.5. The van der Waals surface area contributed by atoms with Crippen molar-refractivity contribution in [1.82, 2.24) is 5.32 Å². The van der Waals surface area contributed by atoms with E-state index in [1.165, 1.54) is 11.1 Å². The summed E-state index contributed by atoms with van der Waals surface area (Å²) in [4.78, 5) is 10.8. The predicted octanol–water partition coefficient (Wildman–Crippen LogP) is 1.36. The van der Waals surface area contributed by atoms with Crippen molar-refractivity contribution in [3.05, 3.63) is 29.3 Å². The first-order valence-electron chi connectivity index (χ1n) is 6.74. The Bertz CT molecular complexity index is 469. The second-order valence-electron chi connectivity index (χ2n) is 5.73. The monoisotopic (exact) mass is 262 g/mol. The van der Waals surface area contributed by atoms with Crippen LogP contribution in [0.15, 0.2) is 18.2 Å². The molecule has 3 N–H and O–H groups in total. The number of fused-ring (bicyclic) bond motifs is 1. The van der Waals surface area contributed by atoms with Crippen LogP contribution in [0.4, 0.5) is 0 Å². The topological polar surface area (TPSA) is 64.3 Å². The highest BCUT2D eigenvalue weighted by Crippen LogP contribution is 2.30. The molecular formula is C15H22N2O2. The predicted molar refractivity (Wildman–Crippen MR) is 75.3 cm³/mol. The van der Waals surface area contributed by atoms with Crippen molar-refractivity contribution in [3.8, 4) is 5.75 Å². The van der Waals surface area contributed by atoms with Gasteiger partial charge in [0.15, 0.2) is 0 Å². The largest absolute Gasteiger partial charge is 0.493 e. The zero-order valence-corrected chi connectivity index (χ0v) is 11.7. The quantitative estimate of drug-likeness (QED) is 0.842. The van der Waals surface area contributed by atoms with Gasteiger partial charge in [-0.25, -0.2) is 0 Å². The highest BCUT2D eigenvalue weighted by molar-refractivity contribution is 5.75. The van der Waals surface area contributed by atoms with Crippen LogP contribution in [0.25, 0.3) is 0 Å². The van der Waals surface area contributed by atoms with Crippen LogP contribution in [-0.4, -0.2) is 25.6 Å². The Morgan fingerprint density at radius 3 is 3.00 bits per heavy atom. The lowest BCUT2D eigenvalue weighted by molar-refractivity contribution is -0.117. The maximum atomic E-state index is 10.8. The number of aryl methyl sites for hydroxylation is 1. The van der Waals surface area contributed by atoms with Crippen LogP contribution < -0.4 is 15.8 Å². The number of primary amides is 1. The van der Waals surface area contributed by atoms with Crippen LogP contribution in [-0.2, 0) is 16.6 Å². The number of hydrogen-bond donors (Lipinski definition) is 2. The summed E-state index contributed by atoms with van der Waals surface area (Å²) < 4.78 is 5.63. The van der Waals surface area contributed by atoms with Gasteiger partial charge in [0.1, 0.15) is 5.75 Å². The maximum Gasteiger partial charge on any atom is 0.231 e. The lowest BCUT2D eigenvalue weighted by Crippen LogP contribution is -2.37. The lowest BCUT2D eigenvalue weighted by Gasteiger charge is -2.27. The van der Waals surface area contributed by atoms with Crippen LogP contribution in [0.3, 0.4) is 0 Å². The van der Waals surface area contributed by atoms with Crippen LogP contribution in [0.2, 0.25) is 0 Å². The van der Waals surface area contributed by atoms with Crippen molar-refractivity contribution in [1.29, 1.82) is 0 Å². The van der Waals surface area contributed by atoms with E-state index in [1.54, 1.807) is 0 Å². The third-order valence-corrected chi connectivity index (χ3v) is 3.56. The summed E-state index contributed by atoms with van der Waals surface area (Å²) in [5, 5.41) is 3.10. The van der Waals surface area contributed by atoms with Crippen LogP contribution in [0.1, 0.15) is 31.4 Å². The molecule has 1 amide bonds. The third-order valence-electron chi connectivity index (χ3n) is 3.56. The molecule has 0 spiro atoms. The minimum absolute atomic E-state index is 0.0398. The van der Waals surface area contributed by atoms with E-state index in [0.717, 1.165) is 31.7 Å². The van der Waals surface area contributed by atoms with Gasteiger partial charge in [0.2, 0.25) is 5.91 Å². The molecule has 0 saturated carbocycles. The van der Waals surface area contributed by atoms with E-state index < -0.39 is 0 Å². The van der Waals surface area contributed by atoms with Gasteiger partial charge in [0, 0.05) is 12.0 Å². The van der Waals surface area contributed by atoms with Crippen LogP contribution >= 0.6 is 0 Å². The van der Waals surface area contributed by atoms with Gasteiger partial charge in [-0.15, -0.1) is 0 Å². The van der Waals surface area contributed by atoms with Crippen molar-refractivity contribution >= 4 is 5.91 Å². The first kappa shape index (κ1) is 13.9. The number of hydrogen-bond acceptors (Lipinski definition) is 3. The Labute approximate surface area is 114 Å². The minimum atomic E-state index is -0.324. The number of ether oxygens (including phenoxy) is 1. The van der Waals surface area contributed by atoms with Gasteiger partial charge in [-0.05, 0) is 30.0 Å². The molecule has 4 nitrogen and oxygen atoms in total. The molecule has 1 heterocycles. The van der Waals surface area contributed by atoms with Crippen molar-refractivity contribution in [2.24, 2.45) is 5.73 Å². The Balaban J connectivity index is 2.09. The third kappa shape index (κ3) is 3.47. The van der Waals surface area contributed by atoms with E-state index in [1.807, 2.05) is 0 Å². The lowest BCUT2D eigenvalue weighted by atomic mass is 9.83. The van der Waals surface area contributed by atoms with Crippen molar-refractivity contribution in [2.75, 3.05) is 19.7 Å². The van der Waals surface area contributed by atoms with E-state index in [9.17, 15) is 4.79 Å². The number of carbonyl (C=O) groups is 1. The molecule has 0 unspecified atom stereocenters. The summed E-state index contributed by atoms with van der Waals surface area (Å²) in [7, 11) is 0. The molecule has 0 fully saturated rings. The zero-order valence-electron chi connectivity index (χ0n) is 11.7. The van der Waals surface area contributed by atoms with Gasteiger partial charge in [0.25, 0.3) is 0 Å². The zero-order chi connectivity index (χ0) is 13.9. The summed E-state index contributed by atoms with van der Waals surface area (Å²) in [5.41, 5.74) is 7.64. The molecule has 0 radical (unpaired) electrons. The second kappa shape index (κ2) is 5.61. The number of nitrogens with one attached hydrogen (secondary N) is 1. The molecular weight excluding hydrogens is 240 g/mol. The minimum Gasteiger partial charge on any atom is -0.493 e. The Kier molecular flexibility index (Phi) is 4.10. The summed E-state index contributed by atoms with van der Waals surface area (Å²) in [6.45, 7) is 6.07. The number of carbonyl (C=O) groups excluding carboxylic acids is 1.